The molecule has 2 rings (SSSR count). The van der Waals surface area contributed by atoms with Crippen LogP contribution in [-0.2, 0) is 6.54 Å². The van der Waals surface area contributed by atoms with E-state index in [1.54, 1.807) is 10.9 Å². The average Bonchev–Trinajstić information content (AvgIpc) is 2.79. The first-order valence-electron chi connectivity index (χ1n) is 6.10. The van der Waals surface area contributed by atoms with Crippen LogP contribution < -0.4 is 10.4 Å². The molecular weight excluding hydrogens is 248 g/mol. The number of anilines is 1. The summed E-state index contributed by atoms with van der Waals surface area (Å²) in [7, 11) is 1.47. The summed E-state index contributed by atoms with van der Waals surface area (Å²) in [5.41, 5.74) is 1.09. The Morgan fingerprint density at radius 2 is 2.21 bits per heavy atom. The quantitative estimate of drug-likeness (QED) is 0.613. The largest absolute Gasteiger partial charge is 0.390 e. The molecule has 19 heavy (non-hydrogen) atoms. The van der Waals surface area contributed by atoms with E-state index in [0.717, 1.165) is 11.6 Å². The van der Waals surface area contributed by atoms with Crippen LogP contribution >= 0.6 is 0 Å². The molecule has 0 saturated carbocycles. The summed E-state index contributed by atoms with van der Waals surface area (Å²) in [6.45, 7) is 3.68. The molecule has 2 heterocycles. The Morgan fingerprint density at radius 1 is 1.42 bits per heavy atom. The van der Waals surface area contributed by atoms with Crippen LogP contribution in [0, 0.1) is 0 Å². The van der Waals surface area contributed by atoms with Crippen LogP contribution in [0.5, 0.6) is 0 Å². The lowest BCUT2D eigenvalue weighted by atomic mass is 10.3. The Bertz CT molecular complexity index is 541. The molecule has 3 N–H and O–H groups in total. The minimum Gasteiger partial charge on any atom is -0.390 e. The summed E-state index contributed by atoms with van der Waals surface area (Å²) >= 11 is 0. The predicted molar refractivity (Wildman–Crippen MR) is 70.1 cm³/mol. The average molecular weight is 266 g/mol. The fraction of sp³-hybridized carbons (Fsp3) is 0.545. The van der Waals surface area contributed by atoms with E-state index >= 15 is 0 Å². The lowest BCUT2D eigenvalue weighted by Crippen LogP contribution is -2.30. The van der Waals surface area contributed by atoms with Gasteiger partial charge in [-0.25, -0.2) is 20.0 Å². The molecule has 2 aromatic rings. The summed E-state index contributed by atoms with van der Waals surface area (Å²) in [6, 6.07) is 0. The van der Waals surface area contributed by atoms with E-state index in [0.29, 0.717) is 30.1 Å². The van der Waals surface area contributed by atoms with Gasteiger partial charge in [0.2, 0.25) is 0 Å². The first-order chi connectivity index (χ1) is 9.13. The topological polar surface area (TPSA) is 99.3 Å². The summed E-state index contributed by atoms with van der Waals surface area (Å²) in [4.78, 5) is 12.3. The number of fused-ring (bicyclic) bond motifs is 1. The van der Waals surface area contributed by atoms with Gasteiger partial charge in [-0.1, -0.05) is 6.92 Å². The second kappa shape index (κ2) is 5.91. The zero-order valence-corrected chi connectivity index (χ0v) is 11.0. The standard InChI is InChI=1S/C11H18N6O2/c1-3-12-4-8(18)5-17-7-15-9-10(16(2)19)13-6-14-11(9)17/h6-8,12,18-19H,3-5H2,1-2H3. The molecule has 8 heteroatoms. The summed E-state index contributed by atoms with van der Waals surface area (Å²) in [6.07, 6.45) is 2.42. The minimum absolute atomic E-state index is 0.338. The molecule has 8 nitrogen and oxygen atoms in total. The fourth-order valence-corrected chi connectivity index (χ4v) is 1.84. The van der Waals surface area contributed by atoms with Crippen molar-refractivity contribution in [1.29, 1.82) is 0 Å². The van der Waals surface area contributed by atoms with E-state index in [2.05, 4.69) is 20.3 Å². The maximum Gasteiger partial charge on any atom is 0.183 e. The van der Waals surface area contributed by atoms with Crippen LogP contribution in [0.1, 0.15) is 6.92 Å². The number of aromatic nitrogens is 4. The molecule has 2 aromatic heterocycles. The molecule has 0 aliphatic rings. The Morgan fingerprint density at radius 3 is 2.89 bits per heavy atom. The van der Waals surface area contributed by atoms with Gasteiger partial charge in [0, 0.05) is 13.6 Å². The van der Waals surface area contributed by atoms with Crippen molar-refractivity contribution in [2.24, 2.45) is 0 Å². The van der Waals surface area contributed by atoms with Crippen LogP contribution in [0.15, 0.2) is 12.7 Å². The predicted octanol–water partition coefficient (Wildman–Crippen LogP) is -0.378. The fourth-order valence-electron chi connectivity index (χ4n) is 1.84. The Balaban J connectivity index is 2.23. The number of hydrogen-bond acceptors (Lipinski definition) is 7. The van der Waals surface area contributed by atoms with Crippen molar-refractivity contribution >= 4 is 17.0 Å². The number of imidazole rings is 1. The van der Waals surface area contributed by atoms with Gasteiger partial charge in [-0.05, 0) is 6.54 Å². The summed E-state index contributed by atoms with van der Waals surface area (Å²) in [5, 5.41) is 23.3. The minimum atomic E-state index is -0.525. The number of nitrogens with one attached hydrogen (secondary N) is 1. The van der Waals surface area contributed by atoms with Crippen molar-refractivity contribution < 1.29 is 10.3 Å². The molecule has 0 radical (unpaired) electrons. The first kappa shape index (κ1) is 13.7. The highest BCUT2D eigenvalue weighted by Gasteiger charge is 2.14. The van der Waals surface area contributed by atoms with Gasteiger partial charge in [-0.3, -0.25) is 5.21 Å². The van der Waals surface area contributed by atoms with Crippen LogP contribution in [-0.4, -0.2) is 56.1 Å². The zero-order valence-electron chi connectivity index (χ0n) is 11.0. The number of aliphatic hydroxyl groups excluding tert-OH is 1. The molecule has 104 valence electrons. The molecule has 1 atom stereocenters. The number of likely N-dealkylation sites (N-methyl/N-ethyl adjacent to an activating group) is 1. The zero-order chi connectivity index (χ0) is 13.8. The SMILES string of the molecule is CCNCC(O)Cn1cnc2c(N(C)O)ncnc21. The number of hydroxylamine groups is 1. The molecule has 0 saturated heterocycles. The van der Waals surface area contributed by atoms with Crippen molar-refractivity contribution in [3.8, 4) is 0 Å². The number of aliphatic hydroxyl groups is 1. The molecule has 0 bridgehead atoms. The molecule has 0 amide bonds. The van der Waals surface area contributed by atoms with Gasteiger partial charge in [-0.15, -0.1) is 0 Å². The van der Waals surface area contributed by atoms with E-state index in [4.69, 9.17) is 0 Å². The van der Waals surface area contributed by atoms with Crippen LogP contribution in [0.3, 0.4) is 0 Å². The second-order valence-corrected chi connectivity index (χ2v) is 4.25. The number of hydrogen-bond donors (Lipinski definition) is 3. The van der Waals surface area contributed by atoms with Crippen molar-refractivity contribution in [2.75, 3.05) is 25.2 Å². The van der Waals surface area contributed by atoms with Gasteiger partial charge in [0.05, 0.1) is 19.0 Å². The highest BCUT2D eigenvalue weighted by Crippen LogP contribution is 2.19. The Hall–Kier alpha value is -1.77. The highest BCUT2D eigenvalue weighted by molar-refractivity contribution is 5.82. The van der Waals surface area contributed by atoms with Crippen LogP contribution in [0.25, 0.3) is 11.2 Å². The third-order valence-corrected chi connectivity index (χ3v) is 2.73. The van der Waals surface area contributed by atoms with Crippen molar-refractivity contribution in [3.05, 3.63) is 12.7 Å². The molecule has 0 spiro atoms. The van der Waals surface area contributed by atoms with Crippen molar-refractivity contribution in [2.45, 2.75) is 19.6 Å². The molecule has 0 aromatic carbocycles. The van der Waals surface area contributed by atoms with E-state index in [9.17, 15) is 10.3 Å². The highest BCUT2D eigenvalue weighted by atomic mass is 16.5. The number of nitrogens with zero attached hydrogens (tertiary/aromatic N) is 5. The summed E-state index contributed by atoms with van der Waals surface area (Å²) < 4.78 is 1.74. The van der Waals surface area contributed by atoms with E-state index in [-0.39, 0.29) is 0 Å². The van der Waals surface area contributed by atoms with Gasteiger partial charge >= 0.3 is 0 Å². The van der Waals surface area contributed by atoms with Crippen molar-refractivity contribution in [1.82, 2.24) is 24.8 Å². The van der Waals surface area contributed by atoms with Crippen molar-refractivity contribution in [3.63, 3.8) is 0 Å². The van der Waals surface area contributed by atoms with Crippen LogP contribution in [0.2, 0.25) is 0 Å². The van der Waals surface area contributed by atoms with E-state index in [1.165, 1.54) is 13.4 Å². The van der Waals surface area contributed by atoms with Gasteiger partial charge < -0.3 is 15.0 Å². The number of rotatable bonds is 6. The maximum absolute atomic E-state index is 9.88. The van der Waals surface area contributed by atoms with Crippen LogP contribution in [0.4, 0.5) is 5.82 Å². The molecule has 1 unspecified atom stereocenters. The lowest BCUT2D eigenvalue weighted by Gasteiger charge is -2.12. The summed E-state index contributed by atoms with van der Waals surface area (Å²) in [5.74, 6) is 0.338. The molecule has 0 aliphatic carbocycles. The third-order valence-electron chi connectivity index (χ3n) is 2.73. The van der Waals surface area contributed by atoms with E-state index < -0.39 is 6.10 Å². The lowest BCUT2D eigenvalue weighted by molar-refractivity contribution is 0.153. The third kappa shape index (κ3) is 2.98. The monoisotopic (exact) mass is 266 g/mol. The normalized spacial score (nSPS) is 12.8. The molecular formula is C11H18N6O2. The van der Waals surface area contributed by atoms with Gasteiger partial charge in [-0.2, -0.15) is 0 Å². The smallest absolute Gasteiger partial charge is 0.183 e. The Kier molecular flexibility index (Phi) is 4.25. The second-order valence-electron chi connectivity index (χ2n) is 4.25. The molecule has 0 aliphatic heterocycles. The van der Waals surface area contributed by atoms with Gasteiger partial charge in [0.15, 0.2) is 17.0 Å². The maximum atomic E-state index is 9.88. The Labute approximate surface area is 110 Å². The van der Waals surface area contributed by atoms with E-state index in [1.807, 2.05) is 6.92 Å². The van der Waals surface area contributed by atoms with Gasteiger partial charge in [0.25, 0.3) is 0 Å². The first-order valence-corrected chi connectivity index (χ1v) is 6.10. The molecule has 0 fully saturated rings. The van der Waals surface area contributed by atoms with Gasteiger partial charge in [0.1, 0.15) is 6.33 Å².